The molecule has 0 bridgehead atoms. The van der Waals surface area contributed by atoms with Crippen LogP contribution in [0.3, 0.4) is 0 Å². The second kappa shape index (κ2) is 3.03. The minimum atomic E-state index is -2.61. The van der Waals surface area contributed by atoms with Gasteiger partial charge in [-0.25, -0.2) is 8.78 Å². The van der Waals surface area contributed by atoms with E-state index < -0.39 is 12.0 Å². The van der Waals surface area contributed by atoms with Gasteiger partial charge in [-0.3, -0.25) is 0 Å². The number of alkyl halides is 2. The topological polar surface area (TPSA) is 32.3 Å². The molecule has 0 saturated carbocycles. The molecule has 0 amide bonds. The quantitative estimate of drug-likeness (QED) is 0.601. The summed E-state index contributed by atoms with van der Waals surface area (Å²) in [5, 5.41) is 11.3. The van der Waals surface area contributed by atoms with Gasteiger partial charge in [0.05, 0.1) is 12.6 Å². The molecule has 0 aromatic rings. The van der Waals surface area contributed by atoms with Crippen LogP contribution in [-0.2, 0) is 0 Å². The summed E-state index contributed by atoms with van der Waals surface area (Å²) in [7, 11) is 0. The molecule has 0 aromatic carbocycles. The van der Waals surface area contributed by atoms with Gasteiger partial charge < -0.3 is 10.4 Å². The highest BCUT2D eigenvalue weighted by Gasteiger charge is 2.41. The van der Waals surface area contributed by atoms with E-state index in [4.69, 9.17) is 5.11 Å². The maximum atomic E-state index is 12.8. The van der Waals surface area contributed by atoms with Crippen LogP contribution in [0, 0.1) is 0 Å². The van der Waals surface area contributed by atoms with Crippen molar-refractivity contribution in [1.82, 2.24) is 5.32 Å². The summed E-state index contributed by atoms with van der Waals surface area (Å²) in [5.41, 5.74) is 0. The number of piperidine rings is 1. The Balaban J connectivity index is 2.48. The Hall–Kier alpha value is -0.220. The molecule has 0 aromatic heterocycles. The zero-order valence-corrected chi connectivity index (χ0v) is 6.48. The number of aliphatic hydroxyl groups excluding tert-OH is 1. The molecule has 2 unspecified atom stereocenters. The molecule has 0 spiro atoms. The molecule has 4 heteroatoms. The van der Waals surface area contributed by atoms with Gasteiger partial charge in [0.15, 0.2) is 0 Å². The fraction of sp³-hybridized carbons (Fsp3) is 1.00. The Bertz CT molecular complexity index is 140. The fourth-order valence-corrected chi connectivity index (χ4v) is 1.29. The summed E-state index contributed by atoms with van der Waals surface area (Å²) in [4.78, 5) is 0. The van der Waals surface area contributed by atoms with E-state index in [0.29, 0.717) is 6.42 Å². The van der Waals surface area contributed by atoms with Gasteiger partial charge in [-0.15, -0.1) is 0 Å². The summed E-state index contributed by atoms with van der Waals surface area (Å²) in [6.07, 6.45) is 0.236. The van der Waals surface area contributed by atoms with Crippen LogP contribution in [0.15, 0.2) is 0 Å². The van der Waals surface area contributed by atoms with Crippen LogP contribution < -0.4 is 5.32 Å². The van der Waals surface area contributed by atoms with E-state index in [0.717, 1.165) is 0 Å². The number of nitrogens with one attached hydrogen (secondary N) is 1. The van der Waals surface area contributed by atoms with Crippen LogP contribution in [0.4, 0.5) is 8.78 Å². The lowest BCUT2D eigenvalue weighted by molar-refractivity contribution is -0.0681. The largest absolute Gasteiger partial charge is 0.395 e. The highest BCUT2D eigenvalue weighted by atomic mass is 19.3. The van der Waals surface area contributed by atoms with Crippen LogP contribution in [0.25, 0.3) is 0 Å². The van der Waals surface area contributed by atoms with Crippen molar-refractivity contribution in [1.29, 1.82) is 0 Å². The van der Waals surface area contributed by atoms with E-state index in [9.17, 15) is 8.78 Å². The molecule has 2 N–H and O–H groups in total. The minimum absolute atomic E-state index is 0.0551. The van der Waals surface area contributed by atoms with Gasteiger partial charge in [0.2, 0.25) is 0 Å². The zero-order chi connectivity index (χ0) is 8.48. The van der Waals surface area contributed by atoms with Gasteiger partial charge in [-0.05, 0) is 13.3 Å². The van der Waals surface area contributed by atoms with Crippen LogP contribution in [0.1, 0.15) is 19.8 Å². The summed E-state index contributed by atoms with van der Waals surface area (Å²) in [6, 6.07) is -0.960. The molecule has 2 atom stereocenters. The van der Waals surface area contributed by atoms with Crippen molar-refractivity contribution in [2.24, 2.45) is 0 Å². The first kappa shape index (κ1) is 8.87. The van der Waals surface area contributed by atoms with Gasteiger partial charge in [-0.2, -0.15) is 0 Å². The Kier molecular flexibility index (Phi) is 2.44. The van der Waals surface area contributed by atoms with Crippen molar-refractivity contribution in [2.45, 2.75) is 37.8 Å². The lowest BCUT2D eigenvalue weighted by Crippen LogP contribution is -2.53. The first-order chi connectivity index (χ1) is 5.06. The first-order valence-electron chi connectivity index (χ1n) is 3.81. The van der Waals surface area contributed by atoms with Crippen molar-refractivity contribution in [3.63, 3.8) is 0 Å². The molecule has 11 heavy (non-hydrogen) atoms. The second-order valence-electron chi connectivity index (χ2n) is 3.07. The summed E-state index contributed by atoms with van der Waals surface area (Å²) in [6.45, 7) is 1.39. The van der Waals surface area contributed by atoms with Crippen LogP contribution >= 0.6 is 0 Å². The van der Waals surface area contributed by atoms with Crippen molar-refractivity contribution in [3.05, 3.63) is 0 Å². The molecule has 1 heterocycles. The lowest BCUT2D eigenvalue weighted by Gasteiger charge is -2.34. The first-order valence-corrected chi connectivity index (χ1v) is 3.81. The molecule has 0 radical (unpaired) electrons. The smallest absolute Gasteiger partial charge is 0.262 e. The van der Waals surface area contributed by atoms with Crippen LogP contribution in [0.5, 0.6) is 0 Å². The van der Waals surface area contributed by atoms with Crippen molar-refractivity contribution < 1.29 is 13.9 Å². The average Bonchev–Trinajstić information content (AvgIpc) is 1.95. The number of hydrogen-bond acceptors (Lipinski definition) is 2. The van der Waals surface area contributed by atoms with E-state index in [1.54, 1.807) is 0 Å². The fourth-order valence-electron chi connectivity index (χ4n) is 1.29. The van der Waals surface area contributed by atoms with Crippen LogP contribution in [-0.4, -0.2) is 29.7 Å². The molecular formula is C7H13F2NO. The van der Waals surface area contributed by atoms with E-state index in [1.807, 2.05) is 0 Å². The van der Waals surface area contributed by atoms with Crippen molar-refractivity contribution >= 4 is 0 Å². The Morgan fingerprint density at radius 2 is 2.27 bits per heavy atom. The van der Waals surface area contributed by atoms with Gasteiger partial charge in [0.25, 0.3) is 5.92 Å². The van der Waals surface area contributed by atoms with E-state index in [1.165, 1.54) is 6.92 Å². The molecule has 66 valence electrons. The van der Waals surface area contributed by atoms with Crippen molar-refractivity contribution in [3.8, 4) is 0 Å². The Morgan fingerprint density at radius 3 is 2.73 bits per heavy atom. The van der Waals surface area contributed by atoms with E-state index in [-0.39, 0.29) is 19.1 Å². The van der Waals surface area contributed by atoms with Gasteiger partial charge >= 0.3 is 0 Å². The summed E-state index contributed by atoms with van der Waals surface area (Å²) < 4.78 is 25.5. The highest BCUT2D eigenvalue weighted by Crippen LogP contribution is 2.29. The zero-order valence-electron chi connectivity index (χ0n) is 6.48. The average molecular weight is 165 g/mol. The predicted octanol–water partition coefficient (Wildman–Crippen LogP) is 0.754. The molecule has 1 rings (SSSR count). The molecule has 2 nitrogen and oxygen atoms in total. The monoisotopic (exact) mass is 165 g/mol. The van der Waals surface area contributed by atoms with Crippen molar-refractivity contribution in [2.75, 3.05) is 6.61 Å². The number of halogens is 2. The predicted molar refractivity (Wildman–Crippen MR) is 37.7 cm³/mol. The molecule has 0 aliphatic carbocycles. The minimum Gasteiger partial charge on any atom is -0.395 e. The molecule has 1 aliphatic rings. The highest BCUT2D eigenvalue weighted by molar-refractivity contribution is 4.89. The second-order valence-corrected chi connectivity index (χ2v) is 3.07. The van der Waals surface area contributed by atoms with E-state index >= 15 is 0 Å². The van der Waals surface area contributed by atoms with Gasteiger partial charge in [-0.1, -0.05) is 0 Å². The maximum absolute atomic E-state index is 12.8. The third kappa shape index (κ3) is 1.87. The maximum Gasteiger partial charge on any atom is 0.262 e. The Labute approximate surface area is 64.6 Å². The summed E-state index contributed by atoms with van der Waals surface area (Å²) in [5.74, 6) is -2.61. The van der Waals surface area contributed by atoms with Crippen LogP contribution in [0.2, 0.25) is 0 Å². The number of hydrogen-bond donors (Lipinski definition) is 2. The third-order valence-corrected chi connectivity index (χ3v) is 2.17. The molecule has 1 fully saturated rings. The van der Waals surface area contributed by atoms with E-state index in [2.05, 4.69) is 5.32 Å². The Morgan fingerprint density at radius 1 is 1.64 bits per heavy atom. The third-order valence-electron chi connectivity index (χ3n) is 2.17. The van der Waals surface area contributed by atoms with Gasteiger partial charge in [0, 0.05) is 12.5 Å². The number of aliphatic hydroxyl groups is 1. The summed E-state index contributed by atoms with van der Waals surface area (Å²) >= 11 is 0. The molecular weight excluding hydrogens is 152 g/mol. The number of rotatable bonds is 1. The molecule has 1 saturated heterocycles. The lowest BCUT2D eigenvalue weighted by atomic mass is 9.96. The van der Waals surface area contributed by atoms with Gasteiger partial charge in [0.1, 0.15) is 0 Å². The SMILES string of the molecule is CC1NC(CO)CCC1(F)F. The standard InChI is InChI=1S/C7H13F2NO/c1-5-7(8,9)3-2-6(4-11)10-5/h5-6,10-11H,2-4H2,1H3. The normalized spacial score (nSPS) is 37.1. The molecule has 1 aliphatic heterocycles.